The molecule has 0 aromatic carbocycles. The summed E-state index contributed by atoms with van der Waals surface area (Å²) in [5.74, 6) is 0. The van der Waals surface area contributed by atoms with Gasteiger partial charge in [-0.2, -0.15) is 0 Å². The zero-order chi connectivity index (χ0) is 11.0. The molecule has 0 amide bonds. The van der Waals surface area contributed by atoms with E-state index in [4.69, 9.17) is 0 Å². The smallest absolute Gasteiger partial charge is 0.249 e. The largest absolute Gasteiger partial charge is 0.303 e. The SMILES string of the molecule is CC/C=C\C(CC=O)=C(/CC)[N+](=O)[O-]. The van der Waals surface area contributed by atoms with Crippen LogP contribution in [0.15, 0.2) is 23.4 Å². The van der Waals surface area contributed by atoms with Crippen LogP contribution in [0.2, 0.25) is 0 Å². The van der Waals surface area contributed by atoms with Crippen LogP contribution in [0, 0.1) is 10.1 Å². The number of carbonyl (C=O) groups excluding carboxylic acids is 1. The number of allylic oxidation sites excluding steroid dienone is 4. The molecule has 0 spiro atoms. The van der Waals surface area contributed by atoms with Crippen LogP contribution in [-0.4, -0.2) is 11.2 Å². The first-order valence-electron chi connectivity index (χ1n) is 4.63. The monoisotopic (exact) mass is 197 g/mol. The topological polar surface area (TPSA) is 60.2 Å². The molecule has 0 aliphatic carbocycles. The minimum atomic E-state index is -0.418. The highest BCUT2D eigenvalue weighted by molar-refractivity contribution is 5.56. The summed E-state index contributed by atoms with van der Waals surface area (Å²) in [5, 5.41) is 10.6. The minimum Gasteiger partial charge on any atom is -0.303 e. The summed E-state index contributed by atoms with van der Waals surface area (Å²) >= 11 is 0. The number of hydrogen-bond donors (Lipinski definition) is 0. The number of nitro groups is 1. The van der Waals surface area contributed by atoms with Crippen LogP contribution in [-0.2, 0) is 4.79 Å². The molecule has 14 heavy (non-hydrogen) atoms. The van der Waals surface area contributed by atoms with E-state index in [9.17, 15) is 14.9 Å². The van der Waals surface area contributed by atoms with Crippen molar-refractivity contribution in [3.05, 3.63) is 33.5 Å². The van der Waals surface area contributed by atoms with Crippen molar-refractivity contribution in [1.82, 2.24) is 0 Å². The minimum absolute atomic E-state index is 0.112. The van der Waals surface area contributed by atoms with Crippen molar-refractivity contribution in [1.29, 1.82) is 0 Å². The molecule has 0 heterocycles. The van der Waals surface area contributed by atoms with Gasteiger partial charge < -0.3 is 4.79 Å². The van der Waals surface area contributed by atoms with Crippen molar-refractivity contribution < 1.29 is 9.72 Å². The Hall–Kier alpha value is -1.45. The zero-order valence-electron chi connectivity index (χ0n) is 8.53. The molecule has 0 aliphatic heterocycles. The predicted octanol–water partition coefficient (Wildman–Crippen LogP) is 2.48. The average molecular weight is 197 g/mol. The molecule has 4 nitrogen and oxygen atoms in total. The second-order valence-electron chi connectivity index (χ2n) is 2.76. The Bertz CT molecular complexity index is 267. The highest BCUT2D eigenvalue weighted by Gasteiger charge is 2.13. The van der Waals surface area contributed by atoms with Gasteiger partial charge in [0.1, 0.15) is 6.29 Å². The van der Waals surface area contributed by atoms with E-state index in [1.807, 2.05) is 13.0 Å². The Morgan fingerprint density at radius 3 is 2.43 bits per heavy atom. The van der Waals surface area contributed by atoms with Gasteiger partial charge in [-0.05, 0) is 6.42 Å². The molecule has 0 atom stereocenters. The number of hydrogen-bond acceptors (Lipinski definition) is 3. The van der Waals surface area contributed by atoms with E-state index in [0.29, 0.717) is 18.3 Å². The first kappa shape index (κ1) is 12.6. The summed E-state index contributed by atoms with van der Waals surface area (Å²) in [6, 6.07) is 0. The quantitative estimate of drug-likeness (QED) is 0.284. The third kappa shape index (κ3) is 3.98. The van der Waals surface area contributed by atoms with Crippen LogP contribution in [0.4, 0.5) is 0 Å². The predicted molar refractivity (Wildman–Crippen MR) is 54.4 cm³/mol. The Kier molecular flexibility index (Phi) is 6.28. The van der Waals surface area contributed by atoms with Gasteiger partial charge in [0.2, 0.25) is 5.70 Å². The molecule has 0 saturated heterocycles. The van der Waals surface area contributed by atoms with Gasteiger partial charge in [-0.1, -0.05) is 26.0 Å². The summed E-state index contributed by atoms with van der Waals surface area (Å²) in [4.78, 5) is 20.5. The van der Waals surface area contributed by atoms with Gasteiger partial charge in [0.05, 0.1) is 4.92 Å². The van der Waals surface area contributed by atoms with Gasteiger partial charge in [-0.15, -0.1) is 0 Å². The maximum absolute atomic E-state index is 10.6. The van der Waals surface area contributed by atoms with E-state index in [2.05, 4.69) is 0 Å². The van der Waals surface area contributed by atoms with Crippen molar-refractivity contribution in [2.24, 2.45) is 0 Å². The third-order valence-corrected chi connectivity index (χ3v) is 1.78. The second kappa shape index (κ2) is 7.00. The molecule has 78 valence electrons. The fourth-order valence-corrected chi connectivity index (χ4v) is 1.11. The molecule has 0 saturated carbocycles. The molecule has 0 radical (unpaired) electrons. The van der Waals surface area contributed by atoms with E-state index in [-0.39, 0.29) is 12.1 Å². The second-order valence-corrected chi connectivity index (χ2v) is 2.76. The summed E-state index contributed by atoms with van der Waals surface area (Å²) < 4.78 is 0. The molecule has 0 aromatic heterocycles. The van der Waals surface area contributed by atoms with Crippen molar-refractivity contribution in [2.75, 3.05) is 0 Å². The van der Waals surface area contributed by atoms with E-state index in [1.165, 1.54) is 0 Å². The lowest BCUT2D eigenvalue weighted by atomic mass is 10.1. The van der Waals surface area contributed by atoms with Crippen molar-refractivity contribution in [2.45, 2.75) is 33.1 Å². The Labute approximate surface area is 83.5 Å². The third-order valence-electron chi connectivity index (χ3n) is 1.78. The molecular weight excluding hydrogens is 182 g/mol. The molecule has 0 bridgehead atoms. The van der Waals surface area contributed by atoms with Gasteiger partial charge >= 0.3 is 0 Å². The van der Waals surface area contributed by atoms with Crippen LogP contribution in [0.3, 0.4) is 0 Å². The lowest BCUT2D eigenvalue weighted by molar-refractivity contribution is -0.428. The summed E-state index contributed by atoms with van der Waals surface area (Å²) in [6.07, 6.45) is 5.42. The molecule has 0 aromatic rings. The van der Waals surface area contributed by atoms with Gasteiger partial charge in [0.15, 0.2) is 0 Å². The first-order valence-corrected chi connectivity index (χ1v) is 4.63. The number of carbonyl (C=O) groups is 1. The van der Waals surface area contributed by atoms with E-state index >= 15 is 0 Å². The summed E-state index contributed by atoms with van der Waals surface area (Å²) in [5.41, 5.74) is 0.635. The van der Waals surface area contributed by atoms with Gasteiger partial charge in [0.25, 0.3) is 0 Å². The molecule has 0 rings (SSSR count). The Morgan fingerprint density at radius 2 is 2.07 bits per heavy atom. The van der Waals surface area contributed by atoms with E-state index < -0.39 is 4.92 Å². The highest BCUT2D eigenvalue weighted by atomic mass is 16.6. The summed E-state index contributed by atoms with van der Waals surface area (Å²) in [6.45, 7) is 3.65. The van der Waals surface area contributed by atoms with Gasteiger partial charge in [0, 0.05) is 18.4 Å². The number of aldehydes is 1. The van der Waals surface area contributed by atoms with Crippen LogP contribution >= 0.6 is 0 Å². The number of rotatable bonds is 6. The number of nitrogens with zero attached hydrogens (tertiary/aromatic N) is 1. The van der Waals surface area contributed by atoms with E-state index in [1.54, 1.807) is 13.0 Å². The molecular formula is C10H15NO3. The fraction of sp³-hybridized carbons (Fsp3) is 0.500. The molecule has 0 N–H and O–H groups in total. The lowest BCUT2D eigenvalue weighted by Crippen LogP contribution is -2.01. The first-order chi connectivity index (χ1) is 6.67. The maximum atomic E-state index is 10.6. The zero-order valence-corrected chi connectivity index (χ0v) is 8.53. The van der Waals surface area contributed by atoms with Crippen molar-refractivity contribution in [3.63, 3.8) is 0 Å². The van der Waals surface area contributed by atoms with Crippen LogP contribution < -0.4 is 0 Å². The normalized spacial score (nSPS) is 12.7. The Balaban J connectivity index is 4.97. The summed E-state index contributed by atoms with van der Waals surface area (Å²) in [7, 11) is 0. The standard InChI is InChI=1S/C10H15NO3/c1-3-5-6-9(7-8-12)10(4-2)11(13)14/h5-6,8H,3-4,7H2,1-2H3/b6-5-,10-9-. The maximum Gasteiger partial charge on any atom is 0.249 e. The Morgan fingerprint density at radius 1 is 1.43 bits per heavy atom. The molecule has 4 heteroatoms. The van der Waals surface area contributed by atoms with Crippen LogP contribution in [0.1, 0.15) is 33.1 Å². The van der Waals surface area contributed by atoms with Crippen LogP contribution in [0.25, 0.3) is 0 Å². The fourth-order valence-electron chi connectivity index (χ4n) is 1.11. The molecule has 0 aliphatic rings. The highest BCUT2D eigenvalue weighted by Crippen LogP contribution is 2.13. The van der Waals surface area contributed by atoms with Crippen molar-refractivity contribution in [3.8, 4) is 0 Å². The van der Waals surface area contributed by atoms with Crippen LogP contribution in [0.5, 0.6) is 0 Å². The molecule has 0 unspecified atom stereocenters. The average Bonchev–Trinajstić information content (AvgIpc) is 2.14. The molecule has 0 fully saturated rings. The lowest BCUT2D eigenvalue weighted by Gasteiger charge is -1.99. The van der Waals surface area contributed by atoms with Crippen molar-refractivity contribution >= 4 is 6.29 Å². The van der Waals surface area contributed by atoms with Gasteiger partial charge in [-0.25, -0.2) is 0 Å². The van der Waals surface area contributed by atoms with E-state index in [0.717, 1.165) is 6.42 Å². The van der Waals surface area contributed by atoms with Gasteiger partial charge in [-0.3, -0.25) is 10.1 Å².